The Labute approximate surface area is 163 Å². The number of hydrogen-bond donors (Lipinski definition) is 1. The normalized spacial score (nSPS) is 14.6. The van der Waals surface area contributed by atoms with Gasteiger partial charge in [0.2, 0.25) is 0 Å². The van der Waals surface area contributed by atoms with Crippen LogP contribution in [0.4, 0.5) is 0 Å². The number of ether oxygens (including phenoxy) is 1. The minimum atomic E-state index is -3.24. The fourth-order valence-corrected chi connectivity index (χ4v) is 5.49. The lowest BCUT2D eigenvalue weighted by Crippen LogP contribution is -2.06. The van der Waals surface area contributed by atoms with Crippen LogP contribution in [-0.4, -0.2) is 30.7 Å². The summed E-state index contributed by atoms with van der Waals surface area (Å²) in [5.41, 5.74) is 4.54. The molecule has 0 amide bonds. The van der Waals surface area contributed by atoms with Crippen LogP contribution >= 0.6 is 0 Å². The van der Waals surface area contributed by atoms with Crippen molar-refractivity contribution in [1.29, 1.82) is 0 Å². The first kappa shape index (κ1) is 17.3. The molecule has 2 heterocycles. The van der Waals surface area contributed by atoms with E-state index in [-0.39, 0.29) is 5.25 Å². The van der Waals surface area contributed by atoms with E-state index < -0.39 is 9.84 Å². The molecule has 1 aliphatic carbocycles. The van der Waals surface area contributed by atoms with Crippen molar-refractivity contribution in [3.05, 3.63) is 54.2 Å². The van der Waals surface area contributed by atoms with Crippen molar-refractivity contribution < 1.29 is 13.2 Å². The molecule has 5 rings (SSSR count). The minimum absolute atomic E-state index is 0.224. The Morgan fingerprint density at radius 3 is 2.71 bits per heavy atom. The second kappa shape index (κ2) is 6.07. The number of nitrogens with zero attached hydrogens (tertiary/aromatic N) is 1. The predicted octanol–water partition coefficient (Wildman–Crippen LogP) is 4.64. The first-order valence-electron chi connectivity index (χ1n) is 9.28. The van der Waals surface area contributed by atoms with Crippen LogP contribution in [-0.2, 0) is 9.84 Å². The van der Waals surface area contributed by atoms with Gasteiger partial charge in [0.05, 0.1) is 22.8 Å². The van der Waals surface area contributed by atoms with E-state index in [2.05, 4.69) is 16.0 Å². The van der Waals surface area contributed by atoms with Crippen molar-refractivity contribution >= 4 is 31.8 Å². The highest BCUT2D eigenvalue weighted by atomic mass is 32.2. The standard InChI is InChI=1S/C22H20N2O3S/c1-13-10-18-20-17(8-9-19(27-2)21(20)24-22(18)23-12-13)14-4-3-5-16(11-14)28(25,26)15-6-7-15/h3-5,8-12,15H,6-7H2,1-2H3,(H,23,24). The summed E-state index contributed by atoms with van der Waals surface area (Å²) >= 11 is 0. The van der Waals surface area contributed by atoms with Gasteiger partial charge in [-0.05, 0) is 66.8 Å². The number of aromatic amines is 1. The molecule has 0 aliphatic heterocycles. The summed E-state index contributed by atoms with van der Waals surface area (Å²) < 4.78 is 31.0. The van der Waals surface area contributed by atoms with E-state index in [1.807, 2.05) is 37.4 Å². The molecule has 0 spiro atoms. The van der Waals surface area contributed by atoms with Crippen molar-refractivity contribution in [2.24, 2.45) is 0 Å². The van der Waals surface area contributed by atoms with Crippen LogP contribution in [0.15, 0.2) is 53.6 Å². The molecule has 4 aromatic rings. The third-order valence-corrected chi connectivity index (χ3v) is 7.62. The zero-order chi connectivity index (χ0) is 19.5. The molecular formula is C22H20N2O3S. The highest BCUT2D eigenvalue weighted by Crippen LogP contribution is 2.40. The third-order valence-electron chi connectivity index (χ3n) is 5.36. The number of nitrogens with one attached hydrogen (secondary N) is 1. The summed E-state index contributed by atoms with van der Waals surface area (Å²) in [7, 11) is -1.60. The minimum Gasteiger partial charge on any atom is -0.495 e. The van der Waals surface area contributed by atoms with Crippen LogP contribution in [0.3, 0.4) is 0 Å². The van der Waals surface area contributed by atoms with Gasteiger partial charge in [-0.1, -0.05) is 12.1 Å². The monoisotopic (exact) mass is 392 g/mol. The number of rotatable bonds is 4. The van der Waals surface area contributed by atoms with E-state index in [9.17, 15) is 8.42 Å². The number of fused-ring (bicyclic) bond motifs is 3. The van der Waals surface area contributed by atoms with E-state index in [0.717, 1.165) is 57.2 Å². The molecular weight excluding hydrogens is 372 g/mol. The Hall–Kier alpha value is -2.86. The molecule has 0 unspecified atom stereocenters. The van der Waals surface area contributed by atoms with Gasteiger partial charge in [0, 0.05) is 17.0 Å². The number of hydrogen-bond acceptors (Lipinski definition) is 4. The Kier molecular flexibility index (Phi) is 3.74. The van der Waals surface area contributed by atoms with Gasteiger partial charge in [-0.2, -0.15) is 0 Å². The smallest absolute Gasteiger partial charge is 0.181 e. The maximum Gasteiger partial charge on any atom is 0.181 e. The maximum absolute atomic E-state index is 12.7. The number of methoxy groups -OCH3 is 1. The zero-order valence-corrected chi connectivity index (χ0v) is 16.5. The van der Waals surface area contributed by atoms with Gasteiger partial charge in [-0.25, -0.2) is 13.4 Å². The second-order valence-electron chi connectivity index (χ2n) is 7.37. The molecule has 2 aromatic heterocycles. The molecule has 1 fully saturated rings. The summed E-state index contributed by atoms with van der Waals surface area (Å²) in [5, 5.41) is 1.77. The molecule has 2 aromatic carbocycles. The summed E-state index contributed by atoms with van der Waals surface area (Å²) in [5.74, 6) is 0.733. The van der Waals surface area contributed by atoms with Crippen molar-refractivity contribution in [3.63, 3.8) is 0 Å². The number of benzene rings is 2. The van der Waals surface area contributed by atoms with Gasteiger partial charge in [0.15, 0.2) is 9.84 Å². The van der Waals surface area contributed by atoms with Crippen LogP contribution in [0.2, 0.25) is 0 Å². The zero-order valence-electron chi connectivity index (χ0n) is 15.7. The van der Waals surface area contributed by atoms with Crippen molar-refractivity contribution in [2.45, 2.75) is 29.9 Å². The molecule has 0 radical (unpaired) electrons. The van der Waals surface area contributed by atoms with E-state index in [4.69, 9.17) is 4.74 Å². The van der Waals surface area contributed by atoms with Gasteiger partial charge in [-0.3, -0.25) is 0 Å². The van der Waals surface area contributed by atoms with Crippen molar-refractivity contribution in [2.75, 3.05) is 7.11 Å². The fraction of sp³-hybridized carbons (Fsp3) is 0.227. The van der Waals surface area contributed by atoms with Crippen molar-refractivity contribution in [1.82, 2.24) is 9.97 Å². The van der Waals surface area contributed by atoms with E-state index in [0.29, 0.717) is 4.90 Å². The average molecular weight is 392 g/mol. The summed E-state index contributed by atoms with van der Waals surface area (Å²) in [6.07, 6.45) is 3.34. The van der Waals surface area contributed by atoms with Crippen LogP contribution in [0, 0.1) is 6.92 Å². The van der Waals surface area contributed by atoms with Crippen LogP contribution in [0.5, 0.6) is 5.75 Å². The van der Waals surface area contributed by atoms with Gasteiger partial charge in [0.1, 0.15) is 11.4 Å². The lowest BCUT2D eigenvalue weighted by molar-refractivity contribution is 0.419. The quantitative estimate of drug-likeness (QED) is 0.549. The molecule has 6 heteroatoms. The summed E-state index contributed by atoms with van der Waals surface area (Å²) in [6.45, 7) is 2.01. The molecule has 0 bridgehead atoms. The van der Waals surface area contributed by atoms with Gasteiger partial charge in [0.25, 0.3) is 0 Å². The fourth-order valence-electron chi connectivity index (χ4n) is 3.79. The highest BCUT2D eigenvalue weighted by molar-refractivity contribution is 7.92. The Bertz CT molecular complexity index is 1330. The molecule has 1 aliphatic rings. The van der Waals surface area contributed by atoms with E-state index in [1.54, 1.807) is 19.2 Å². The Morgan fingerprint density at radius 2 is 1.96 bits per heavy atom. The van der Waals surface area contributed by atoms with E-state index in [1.165, 1.54) is 0 Å². The van der Waals surface area contributed by atoms with Gasteiger partial charge < -0.3 is 9.72 Å². The second-order valence-corrected chi connectivity index (χ2v) is 9.60. The van der Waals surface area contributed by atoms with Crippen molar-refractivity contribution in [3.8, 4) is 16.9 Å². The van der Waals surface area contributed by atoms with Crippen LogP contribution in [0.25, 0.3) is 33.1 Å². The highest BCUT2D eigenvalue weighted by Gasteiger charge is 2.36. The predicted molar refractivity (Wildman–Crippen MR) is 111 cm³/mol. The van der Waals surface area contributed by atoms with Gasteiger partial charge in [-0.15, -0.1) is 0 Å². The largest absolute Gasteiger partial charge is 0.495 e. The summed E-state index contributed by atoms with van der Waals surface area (Å²) in [6, 6.07) is 13.2. The molecule has 0 saturated heterocycles. The molecule has 142 valence electrons. The Morgan fingerprint density at radius 1 is 1.14 bits per heavy atom. The molecule has 5 nitrogen and oxygen atoms in total. The average Bonchev–Trinajstić information content (AvgIpc) is 3.50. The first-order chi connectivity index (χ1) is 13.5. The number of sulfone groups is 1. The topological polar surface area (TPSA) is 72.1 Å². The van der Waals surface area contributed by atoms with Gasteiger partial charge >= 0.3 is 0 Å². The van der Waals surface area contributed by atoms with E-state index >= 15 is 0 Å². The number of aromatic nitrogens is 2. The first-order valence-corrected chi connectivity index (χ1v) is 10.8. The number of aryl methyl sites for hydroxylation is 1. The third kappa shape index (κ3) is 2.59. The lowest BCUT2D eigenvalue weighted by Gasteiger charge is -2.10. The number of H-pyrrole nitrogens is 1. The van der Waals surface area contributed by atoms with Crippen LogP contribution in [0.1, 0.15) is 18.4 Å². The number of pyridine rings is 1. The lowest BCUT2D eigenvalue weighted by atomic mass is 9.99. The van der Waals surface area contributed by atoms with Crippen LogP contribution < -0.4 is 4.74 Å². The molecule has 28 heavy (non-hydrogen) atoms. The molecule has 1 N–H and O–H groups in total. The summed E-state index contributed by atoms with van der Waals surface area (Å²) in [4.78, 5) is 8.26. The SMILES string of the molecule is COc1ccc(-c2cccc(S(=O)(=O)C3CC3)c2)c2c1[nH]c1ncc(C)cc12. The Balaban J connectivity index is 1.80. The molecule has 0 atom stereocenters. The molecule has 1 saturated carbocycles. The maximum atomic E-state index is 12.7.